The number of amides is 2. The van der Waals surface area contributed by atoms with E-state index in [1.54, 1.807) is 36.7 Å². The van der Waals surface area contributed by atoms with Crippen LogP contribution in [0, 0.1) is 0 Å². The van der Waals surface area contributed by atoms with Crippen LogP contribution in [0.5, 0.6) is 0 Å². The van der Waals surface area contributed by atoms with Gasteiger partial charge in [-0.2, -0.15) is 0 Å². The number of carbonyl (C=O) groups is 1. The van der Waals surface area contributed by atoms with Crippen LogP contribution >= 0.6 is 11.3 Å². The second kappa shape index (κ2) is 8.07. The summed E-state index contributed by atoms with van der Waals surface area (Å²) < 4.78 is 7.38. The molecule has 2 amide bonds. The number of urea groups is 1. The molecule has 0 saturated carbocycles. The Labute approximate surface area is 140 Å². The Balaban J connectivity index is 1.88. The molecule has 2 heterocycles. The zero-order valence-corrected chi connectivity index (χ0v) is 14.7. The van der Waals surface area contributed by atoms with Gasteiger partial charge in [-0.05, 0) is 25.3 Å². The maximum absolute atomic E-state index is 12.2. The first-order valence-electron chi connectivity index (χ1n) is 7.46. The quantitative estimate of drug-likeness (QED) is 0.842. The van der Waals surface area contributed by atoms with Crippen molar-refractivity contribution in [3.8, 4) is 0 Å². The van der Waals surface area contributed by atoms with E-state index < -0.39 is 0 Å². The first-order valence-corrected chi connectivity index (χ1v) is 8.34. The van der Waals surface area contributed by atoms with Crippen LogP contribution in [0.3, 0.4) is 0 Å². The molecule has 2 aromatic heterocycles. The van der Waals surface area contributed by atoms with Crippen molar-refractivity contribution in [1.29, 1.82) is 0 Å². The summed E-state index contributed by atoms with van der Waals surface area (Å²) in [7, 11) is 3.38. The lowest BCUT2D eigenvalue weighted by Gasteiger charge is -2.21. The second-order valence-electron chi connectivity index (χ2n) is 5.53. The highest BCUT2D eigenvalue weighted by Gasteiger charge is 2.17. The number of thiophene rings is 1. The first-order chi connectivity index (χ1) is 11.0. The zero-order chi connectivity index (χ0) is 16.8. The second-order valence-corrected chi connectivity index (χ2v) is 6.51. The molecule has 8 heteroatoms. The average Bonchev–Trinajstić information content (AvgIpc) is 3.19. The number of nitrogens with one attached hydrogen (secondary N) is 1. The molecular weight excluding hydrogens is 314 g/mol. The predicted molar refractivity (Wildman–Crippen MR) is 89.3 cm³/mol. The molecule has 0 spiro atoms. The number of carbonyl (C=O) groups excluding carboxylic acids is 1. The van der Waals surface area contributed by atoms with Crippen LogP contribution in [-0.4, -0.2) is 46.4 Å². The van der Waals surface area contributed by atoms with Crippen molar-refractivity contribution in [1.82, 2.24) is 25.0 Å². The van der Waals surface area contributed by atoms with Crippen LogP contribution in [-0.2, 0) is 11.3 Å². The number of aromatic nitrogens is 3. The highest BCUT2D eigenvalue weighted by atomic mass is 32.1. The van der Waals surface area contributed by atoms with E-state index in [2.05, 4.69) is 29.4 Å². The highest BCUT2D eigenvalue weighted by molar-refractivity contribution is 7.10. The molecule has 1 N–H and O–H groups in total. The van der Waals surface area contributed by atoms with Gasteiger partial charge in [0.25, 0.3) is 0 Å². The van der Waals surface area contributed by atoms with Gasteiger partial charge in [0.15, 0.2) is 5.82 Å². The lowest BCUT2D eigenvalue weighted by atomic mass is 10.3. The van der Waals surface area contributed by atoms with Gasteiger partial charge in [0.05, 0.1) is 13.1 Å². The molecule has 0 aliphatic carbocycles. The molecule has 0 fully saturated rings. The topological polar surface area (TPSA) is 72.3 Å². The Morgan fingerprint density at radius 2 is 2.30 bits per heavy atom. The third-order valence-corrected chi connectivity index (χ3v) is 4.48. The predicted octanol–water partition coefficient (Wildman–Crippen LogP) is 2.45. The van der Waals surface area contributed by atoms with Crippen molar-refractivity contribution in [3.05, 3.63) is 34.5 Å². The smallest absolute Gasteiger partial charge is 0.317 e. The van der Waals surface area contributed by atoms with Gasteiger partial charge in [-0.25, -0.2) is 4.79 Å². The summed E-state index contributed by atoms with van der Waals surface area (Å²) in [5.74, 6) is 0.763. The van der Waals surface area contributed by atoms with Crippen LogP contribution in [0.15, 0.2) is 23.8 Å². The van der Waals surface area contributed by atoms with Gasteiger partial charge in [0.2, 0.25) is 0 Å². The van der Waals surface area contributed by atoms with Gasteiger partial charge < -0.3 is 19.5 Å². The van der Waals surface area contributed by atoms with Crippen LogP contribution in [0.25, 0.3) is 0 Å². The third kappa shape index (κ3) is 4.52. The molecule has 126 valence electrons. The molecular formula is C15H23N5O2S. The Bertz CT molecular complexity index is 611. The molecule has 0 aliphatic heterocycles. The molecule has 23 heavy (non-hydrogen) atoms. The van der Waals surface area contributed by atoms with E-state index in [1.165, 1.54) is 0 Å². The first kappa shape index (κ1) is 17.4. The van der Waals surface area contributed by atoms with Crippen molar-refractivity contribution >= 4 is 17.4 Å². The van der Waals surface area contributed by atoms with E-state index >= 15 is 0 Å². The van der Waals surface area contributed by atoms with Gasteiger partial charge in [0.1, 0.15) is 12.4 Å². The fourth-order valence-corrected chi connectivity index (χ4v) is 2.99. The molecule has 0 aromatic carbocycles. The van der Waals surface area contributed by atoms with Crippen LogP contribution in [0.4, 0.5) is 4.79 Å². The van der Waals surface area contributed by atoms with Gasteiger partial charge in [0, 0.05) is 25.1 Å². The van der Waals surface area contributed by atoms with Crippen LogP contribution in [0.2, 0.25) is 0 Å². The number of ether oxygens (including phenoxy) is 1. The van der Waals surface area contributed by atoms with Gasteiger partial charge >= 0.3 is 6.03 Å². The molecule has 2 rings (SSSR count). The monoisotopic (exact) mass is 337 g/mol. The minimum absolute atomic E-state index is 0.133. The number of nitrogens with zero attached hydrogens (tertiary/aromatic N) is 4. The maximum atomic E-state index is 12.2. The average molecular weight is 337 g/mol. The Kier molecular flexibility index (Phi) is 6.12. The van der Waals surface area contributed by atoms with Crippen LogP contribution in [0.1, 0.15) is 36.7 Å². The third-order valence-electron chi connectivity index (χ3n) is 3.51. The summed E-state index contributed by atoms with van der Waals surface area (Å²) >= 11 is 1.61. The standard InChI is InChI=1S/C15H23N5O2S/c1-11(2)20-10-17-18-14(20)9-19(3)15(21)16-8-12(22-4)13-6-5-7-23-13/h5-7,10-12H,8-9H2,1-4H3,(H,16,21). The zero-order valence-electron chi connectivity index (χ0n) is 13.9. The largest absolute Gasteiger partial charge is 0.374 e. The van der Waals surface area contributed by atoms with Crippen molar-refractivity contribution < 1.29 is 9.53 Å². The summed E-state index contributed by atoms with van der Waals surface area (Å²) in [4.78, 5) is 14.9. The Morgan fingerprint density at radius 1 is 1.52 bits per heavy atom. The van der Waals surface area contributed by atoms with Crippen molar-refractivity contribution in [3.63, 3.8) is 0 Å². The Morgan fingerprint density at radius 3 is 2.91 bits per heavy atom. The van der Waals surface area contributed by atoms with E-state index in [1.807, 2.05) is 22.1 Å². The van der Waals surface area contributed by atoms with E-state index in [0.29, 0.717) is 13.1 Å². The maximum Gasteiger partial charge on any atom is 0.317 e. The summed E-state index contributed by atoms with van der Waals surface area (Å²) in [6, 6.07) is 4.06. The molecule has 0 aliphatic rings. The summed E-state index contributed by atoms with van der Waals surface area (Å²) in [6.45, 7) is 4.94. The fraction of sp³-hybridized carbons (Fsp3) is 0.533. The van der Waals surface area contributed by atoms with Crippen molar-refractivity contribution in [2.45, 2.75) is 32.5 Å². The van der Waals surface area contributed by atoms with Crippen molar-refractivity contribution in [2.75, 3.05) is 20.7 Å². The lowest BCUT2D eigenvalue weighted by molar-refractivity contribution is 0.104. The molecule has 7 nitrogen and oxygen atoms in total. The highest BCUT2D eigenvalue weighted by Crippen LogP contribution is 2.21. The molecule has 2 aromatic rings. The van der Waals surface area contributed by atoms with Gasteiger partial charge in [-0.1, -0.05) is 6.07 Å². The Hall–Kier alpha value is -1.93. The normalized spacial score (nSPS) is 12.4. The molecule has 1 atom stereocenters. The summed E-state index contributed by atoms with van der Waals surface area (Å²) in [6.07, 6.45) is 1.55. The van der Waals surface area contributed by atoms with Crippen LogP contribution < -0.4 is 5.32 Å². The van der Waals surface area contributed by atoms with E-state index in [4.69, 9.17) is 4.74 Å². The van der Waals surface area contributed by atoms with E-state index in [9.17, 15) is 4.79 Å². The van der Waals surface area contributed by atoms with Gasteiger partial charge in [-0.3, -0.25) is 0 Å². The number of rotatable bonds is 7. The summed E-state index contributed by atoms with van der Waals surface area (Å²) in [5.41, 5.74) is 0. The SMILES string of the molecule is COC(CNC(=O)N(C)Cc1nncn1C(C)C)c1cccs1. The minimum Gasteiger partial charge on any atom is -0.374 e. The molecule has 1 unspecified atom stereocenters. The lowest BCUT2D eigenvalue weighted by Crippen LogP contribution is -2.39. The van der Waals surface area contributed by atoms with E-state index in [-0.39, 0.29) is 18.2 Å². The van der Waals surface area contributed by atoms with E-state index in [0.717, 1.165) is 10.7 Å². The molecule has 0 radical (unpaired) electrons. The van der Waals surface area contributed by atoms with Gasteiger partial charge in [-0.15, -0.1) is 21.5 Å². The number of hydrogen-bond donors (Lipinski definition) is 1. The number of methoxy groups -OCH3 is 1. The minimum atomic E-state index is -0.165. The molecule has 0 saturated heterocycles. The summed E-state index contributed by atoms with van der Waals surface area (Å²) in [5, 5.41) is 12.9. The molecule has 0 bridgehead atoms. The van der Waals surface area contributed by atoms with Crippen molar-refractivity contribution in [2.24, 2.45) is 0 Å². The number of hydrogen-bond acceptors (Lipinski definition) is 5. The fourth-order valence-electron chi connectivity index (χ4n) is 2.18.